The van der Waals surface area contributed by atoms with Crippen molar-refractivity contribution in [1.82, 2.24) is 4.90 Å². The van der Waals surface area contributed by atoms with Crippen molar-refractivity contribution >= 4 is 23.5 Å². The Morgan fingerprint density at radius 3 is 2.50 bits per heavy atom. The molecule has 5 nitrogen and oxygen atoms in total. The van der Waals surface area contributed by atoms with E-state index >= 15 is 0 Å². The predicted octanol–water partition coefficient (Wildman–Crippen LogP) is 2.13. The number of hydrogen-bond donors (Lipinski definition) is 0. The largest absolute Gasteiger partial charge is 0.484 e. The molecule has 0 saturated heterocycles. The van der Waals surface area contributed by atoms with Crippen LogP contribution in [0.4, 0.5) is 0 Å². The smallest absolute Gasteiger partial charge is 0.307 e. The molecular formula is C14H18ClNO4. The van der Waals surface area contributed by atoms with Gasteiger partial charge in [-0.05, 0) is 31.2 Å². The lowest BCUT2D eigenvalue weighted by Gasteiger charge is -2.16. The molecule has 20 heavy (non-hydrogen) atoms. The van der Waals surface area contributed by atoms with Crippen molar-refractivity contribution in [1.29, 1.82) is 0 Å². The third-order valence-corrected chi connectivity index (χ3v) is 2.81. The maximum absolute atomic E-state index is 11.8. The second-order valence-electron chi connectivity index (χ2n) is 4.11. The Morgan fingerprint density at radius 1 is 1.25 bits per heavy atom. The van der Waals surface area contributed by atoms with Crippen LogP contribution in [0.3, 0.4) is 0 Å². The first-order valence-electron chi connectivity index (χ1n) is 6.31. The fourth-order valence-corrected chi connectivity index (χ4v) is 1.53. The highest BCUT2D eigenvalue weighted by Gasteiger charge is 2.11. The lowest BCUT2D eigenvalue weighted by Crippen LogP contribution is -2.33. The zero-order valence-corrected chi connectivity index (χ0v) is 12.4. The molecule has 0 atom stereocenters. The maximum atomic E-state index is 11.8. The minimum atomic E-state index is -0.314. The molecule has 0 radical (unpaired) electrons. The third-order valence-electron chi connectivity index (χ3n) is 2.56. The van der Waals surface area contributed by atoms with Crippen molar-refractivity contribution in [3.8, 4) is 5.75 Å². The normalized spacial score (nSPS) is 9.95. The van der Waals surface area contributed by atoms with Gasteiger partial charge in [-0.3, -0.25) is 9.59 Å². The average molecular weight is 300 g/mol. The molecule has 1 aromatic rings. The van der Waals surface area contributed by atoms with Gasteiger partial charge in [0.1, 0.15) is 5.75 Å². The van der Waals surface area contributed by atoms with Gasteiger partial charge in [-0.15, -0.1) is 0 Å². The van der Waals surface area contributed by atoms with E-state index in [-0.39, 0.29) is 24.9 Å². The third kappa shape index (κ3) is 5.93. The van der Waals surface area contributed by atoms with Crippen LogP contribution in [-0.4, -0.2) is 43.6 Å². The van der Waals surface area contributed by atoms with Gasteiger partial charge in [-0.2, -0.15) is 0 Å². The average Bonchev–Trinajstić information content (AvgIpc) is 2.44. The van der Waals surface area contributed by atoms with Crippen LogP contribution in [0.25, 0.3) is 0 Å². The van der Waals surface area contributed by atoms with Gasteiger partial charge in [0.2, 0.25) is 0 Å². The number of benzene rings is 1. The lowest BCUT2D eigenvalue weighted by atomic mass is 10.3. The van der Waals surface area contributed by atoms with Crippen molar-refractivity contribution in [3.05, 3.63) is 29.3 Å². The molecule has 0 bridgehead atoms. The van der Waals surface area contributed by atoms with Gasteiger partial charge < -0.3 is 14.4 Å². The zero-order chi connectivity index (χ0) is 15.0. The molecule has 0 aliphatic carbocycles. The Kier molecular flexibility index (Phi) is 6.87. The van der Waals surface area contributed by atoms with Crippen LogP contribution in [0.15, 0.2) is 24.3 Å². The Morgan fingerprint density at radius 2 is 1.90 bits per heavy atom. The van der Waals surface area contributed by atoms with Gasteiger partial charge >= 0.3 is 5.97 Å². The van der Waals surface area contributed by atoms with Crippen LogP contribution in [0.5, 0.6) is 5.75 Å². The summed E-state index contributed by atoms with van der Waals surface area (Å²) in [6, 6.07) is 6.75. The summed E-state index contributed by atoms with van der Waals surface area (Å²) in [5.74, 6) is 0.0524. The summed E-state index contributed by atoms with van der Waals surface area (Å²) in [7, 11) is 1.62. The van der Waals surface area contributed by atoms with E-state index in [1.54, 1.807) is 38.2 Å². The summed E-state index contributed by atoms with van der Waals surface area (Å²) in [5, 5.41) is 0.607. The first-order chi connectivity index (χ1) is 9.52. The van der Waals surface area contributed by atoms with E-state index in [4.69, 9.17) is 21.1 Å². The highest BCUT2D eigenvalue weighted by molar-refractivity contribution is 6.30. The Labute approximate surface area is 123 Å². The number of likely N-dealkylation sites (N-methyl/N-ethyl adjacent to an activating group) is 1. The van der Waals surface area contributed by atoms with Gasteiger partial charge in [0.25, 0.3) is 5.91 Å². The molecule has 1 amide bonds. The second kappa shape index (κ2) is 8.43. The summed E-state index contributed by atoms with van der Waals surface area (Å²) < 4.78 is 10.1. The predicted molar refractivity (Wildman–Crippen MR) is 75.8 cm³/mol. The first kappa shape index (κ1) is 16.3. The summed E-state index contributed by atoms with van der Waals surface area (Å²) >= 11 is 5.75. The van der Waals surface area contributed by atoms with E-state index in [2.05, 4.69) is 0 Å². The highest BCUT2D eigenvalue weighted by Crippen LogP contribution is 2.15. The van der Waals surface area contributed by atoms with E-state index in [1.807, 2.05) is 0 Å². The minimum Gasteiger partial charge on any atom is -0.484 e. The van der Waals surface area contributed by atoms with Gasteiger partial charge in [0.05, 0.1) is 13.0 Å². The number of nitrogens with zero attached hydrogens (tertiary/aromatic N) is 1. The fraction of sp³-hybridized carbons (Fsp3) is 0.429. The molecule has 1 rings (SSSR count). The van der Waals surface area contributed by atoms with Crippen LogP contribution >= 0.6 is 11.6 Å². The van der Waals surface area contributed by atoms with Crippen LogP contribution < -0.4 is 4.74 Å². The van der Waals surface area contributed by atoms with E-state index in [0.717, 1.165) is 0 Å². The number of ether oxygens (including phenoxy) is 2. The fourth-order valence-electron chi connectivity index (χ4n) is 1.40. The van der Waals surface area contributed by atoms with Gasteiger partial charge in [0.15, 0.2) is 6.61 Å². The SMILES string of the molecule is CCOC(=O)CCN(C)C(=O)COc1ccc(Cl)cc1. The Balaban J connectivity index is 2.31. The van der Waals surface area contributed by atoms with Crippen LogP contribution in [0.2, 0.25) is 5.02 Å². The van der Waals surface area contributed by atoms with Crippen molar-refractivity contribution in [2.75, 3.05) is 26.8 Å². The van der Waals surface area contributed by atoms with E-state index in [0.29, 0.717) is 23.9 Å². The molecule has 0 aliphatic rings. The number of halogens is 1. The van der Waals surface area contributed by atoms with E-state index in [9.17, 15) is 9.59 Å². The number of hydrogen-bond acceptors (Lipinski definition) is 4. The molecule has 0 aliphatic heterocycles. The quantitative estimate of drug-likeness (QED) is 0.724. The molecule has 0 aromatic heterocycles. The molecule has 110 valence electrons. The van der Waals surface area contributed by atoms with E-state index in [1.165, 1.54) is 4.90 Å². The molecule has 0 unspecified atom stereocenters. The number of carbonyl (C=O) groups is 2. The molecule has 0 spiro atoms. The summed E-state index contributed by atoms with van der Waals surface area (Å²) in [4.78, 5) is 24.4. The summed E-state index contributed by atoms with van der Waals surface area (Å²) in [6.07, 6.45) is 0.178. The number of rotatable bonds is 7. The molecular weight excluding hydrogens is 282 g/mol. The topological polar surface area (TPSA) is 55.8 Å². The second-order valence-corrected chi connectivity index (χ2v) is 4.55. The minimum absolute atomic E-state index is 0.0824. The molecule has 6 heteroatoms. The van der Waals surface area contributed by atoms with Crippen molar-refractivity contribution in [2.24, 2.45) is 0 Å². The Hall–Kier alpha value is -1.75. The monoisotopic (exact) mass is 299 g/mol. The molecule has 0 heterocycles. The Bertz CT molecular complexity index is 447. The van der Waals surface area contributed by atoms with Gasteiger partial charge in [-0.25, -0.2) is 0 Å². The molecule has 0 saturated carbocycles. The van der Waals surface area contributed by atoms with Crippen molar-refractivity contribution in [2.45, 2.75) is 13.3 Å². The highest BCUT2D eigenvalue weighted by atomic mass is 35.5. The standard InChI is InChI=1S/C14H18ClNO4/c1-3-19-14(18)8-9-16(2)13(17)10-20-12-6-4-11(15)5-7-12/h4-7H,3,8-10H2,1-2H3. The van der Waals surface area contributed by atoms with E-state index < -0.39 is 0 Å². The zero-order valence-electron chi connectivity index (χ0n) is 11.6. The summed E-state index contributed by atoms with van der Waals surface area (Å²) in [6.45, 7) is 2.31. The van der Waals surface area contributed by atoms with Crippen LogP contribution in [-0.2, 0) is 14.3 Å². The number of carbonyl (C=O) groups excluding carboxylic acids is 2. The number of esters is 1. The molecule has 0 fully saturated rings. The van der Waals surface area contributed by atoms with Crippen molar-refractivity contribution in [3.63, 3.8) is 0 Å². The lowest BCUT2D eigenvalue weighted by molar-refractivity contribution is -0.144. The first-order valence-corrected chi connectivity index (χ1v) is 6.68. The molecule has 0 N–H and O–H groups in total. The summed E-state index contributed by atoms with van der Waals surface area (Å²) in [5.41, 5.74) is 0. The van der Waals surface area contributed by atoms with Gasteiger partial charge in [-0.1, -0.05) is 11.6 Å². The number of amides is 1. The van der Waals surface area contributed by atoms with Gasteiger partial charge in [0, 0.05) is 18.6 Å². The van der Waals surface area contributed by atoms with Crippen molar-refractivity contribution < 1.29 is 19.1 Å². The van der Waals surface area contributed by atoms with Crippen LogP contribution in [0, 0.1) is 0 Å². The maximum Gasteiger partial charge on any atom is 0.307 e. The van der Waals surface area contributed by atoms with Crippen LogP contribution in [0.1, 0.15) is 13.3 Å². The molecule has 1 aromatic carbocycles.